The number of nitrogens with zero attached hydrogens (tertiary/aromatic N) is 2. The molecule has 108 valence electrons. The zero-order valence-corrected chi connectivity index (χ0v) is 12.4. The summed E-state index contributed by atoms with van der Waals surface area (Å²) in [6.07, 6.45) is 5.68. The van der Waals surface area contributed by atoms with E-state index in [0.717, 1.165) is 31.8 Å². The van der Waals surface area contributed by atoms with Gasteiger partial charge in [0.2, 0.25) is 0 Å². The van der Waals surface area contributed by atoms with Gasteiger partial charge < -0.3 is 20.6 Å². The van der Waals surface area contributed by atoms with Crippen LogP contribution in [0.3, 0.4) is 0 Å². The minimum absolute atomic E-state index is 0.357. The number of nitrogens with two attached hydrogens (primary N) is 1. The molecule has 4 nitrogen and oxygen atoms in total. The van der Waals surface area contributed by atoms with Crippen LogP contribution in [0.25, 0.3) is 0 Å². The van der Waals surface area contributed by atoms with Gasteiger partial charge in [0.05, 0.1) is 5.60 Å². The third-order valence-corrected chi connectivity index (χ3v) is 4.14. The highest BCUT2D eigenvalue weighted by Crippen LogP contribution is 2.16. The second-order valence-corrected chi connectivity index (χ2v) is 6.20. The Morgan fingerprint density at radius 1 is 1.44 bits per heavy atom. The summed E-state index contributed by atoms with van der Waals surface area (Å²) in [6.45, 7) is 5.71. The molecule has 0 aliphatic carbocycles. The molecular formula is C14H31N3O. The van der Waals surface area contributed by atoms with Crippen molar-refractivity contribution in [2.24, 2.45) is 5.73 Å². The van der Waals surface area contributed by atoms with Crippen molar-refractivity contribution in [1.29, 1.82) is 0 Å². The minimum Gasteiger partial charge on any atom is -0.389 e. The summed E-state index contributed by atoms with van der Waals surface area (Å²) in [5.74, 6) is 0. The Hall–Kier alpha value is -0.160. The maximum Gasteiger partial charge on any atom is 0.0741 e. The van der Waals surface area contributed by atoms with E-state index in [1.165, 1.54) is 25.9 Å². The molecule has 3 N–H and O–H groups in total. The summed E-state index contributed by atoms with van der Waals surface area (Å²) in [5.41, 5.74) is 4.83. The molecule has 1 heterocycles. The summed E-state index contributed by atoms with van der Waals surface area (Å²) < 4.78 is 0. The van der Waals surface area contributed by atoms with Crippen LogP contribution in [0.15, 0.2) is 0 Å². The molecule has 0 aromatic rings. The fourth-order valence-corrected chi connectivity index (χ4v) is 2.65. The fourth-order valence-electron chi connectivity index (χ4n) is 2.65. The Morgan fingerprint density at radius 3 is 2.72 bits per heavy atom. The largest absolute Gasteiger partial charge is 0.389 e. The maximum atomic E-state index is 9.81. The first kappa shape index (κ1) is 15.9. The van der Waals surface area contributed by atoms with E-state index in [4.69, 9.17) is 5.73 Å². The fraction of sp³-hybridized carbons (Fsp3) is 1.00. The van der Waals surface area contributed by atoms with E-state index < -0.39 is 5.60 Å². The van der Waals surface area contributed by atoms with E-state index in [-0.39, 0.29) is 0 Å². The summed E-state index contributed by atoms with van der Waals surface area (Å²) in [4.78, 5) is 4.89. The average molecular weight is 257 g/mol. The molecule has 18 heavy (non-hydrogen) atoms. The van der Waals surface area contributed by atoms with Crippen LogP contribution in [-0.2, 0) is 0 Å². The first-order valence-electron chi connectivity index (χ1n) is 7.26. The average Bonchev–Trinajstić information content (AvgIpc) is 2.71. The lowest BCUT2D eigenvalue weighted by atomic mass is 9.99. The molecule has 0 radical (unpaired) electrons. The van der Waals surface area contributed by atoms with Crippen LogP contribution in [-0.4, -0.2) is 66.8 Å². The zero-order chi connectivity index (χ0) is 13.6. The number of likely N-dealkylation sites (N-methyl/N-ethyl adjacent to an activating group) is 2. The summed E-state index contributed by atoms with van der Waals surface area (Å²) >= 11 is 0. The second-order valence-electron chi connectivity index (χ2n) is 6.20. The predicted molar refractivity (Wildman–Crippen MR) is 76.7 cm³/mol. The minimum atomic E-state index is -0.676. The lowest BCUT2D eigenvalue weighted by molar-refractivity contribution is 0.0564. The van der Waals surface area contributed by atoms with Crippen LogP contribution in [0.4, 0.5) is 0 Å². The van der Waals surface area contributed by atoms with Gasteiger partial charge in [0, 0.05) is 19.1 Å². The number of likely N-dealkylation sites (tertiary alicyclic amines) is 1. The van der Waals surface area contributed by atoms with E-state index in [2.05, 4.69) is 23.9 Å². The molecule has 0 bridgehead atoms. The summed E-state index contributed by atoms with van der Waals surface area (Å²) in [7, 11) is 4.43. The molecule has 1 rings (SSSR count). The van der Waals surface area contributed by atoms with Gasteiger partial charge in [-0.2, -0.15) is 0 Å². The van der Waals surface area contributed by atoms with Crippen molar-refractivity contribution in [3.8, 4) is 0 Å². The number of aliphatic hydroxyl groups is 1. The van der Waals surface area contributed by atoms with Gasteiger partial charge in [-0.15, -0.1) is 0 Å². The van der Waals surface area contributed by atoms with Gasteiger partial charge >= 0.3 is 0 Å². The molecular weight excluding hydrogens is 226 g/mol. The van der Waals surface area contributed by atoms with Crippen LogP contribution in [0.5, 0.6) is 0 Å². The van der Waals surface area contributed by atoms with Gasteiger partial charge in [-0.1, -0.05) is 0 Å². The molecule has 2 atom stereocenters. The number of hydrogen-bond acceptors (Lipinski definition) is 4. The Morgan fingerprint density at radius 2 is 2.17 bits per heavy atom. The molecule has 1 fully saturated rings. The van der Waals surface area contributed by atoms with Crippen molar-refractivity contribution in [3.05, 3.63) is 0 Å². The Labute approximate surface area is 112 Å². The first-order chi connectivity index (χ1) is 8.44. The van der Waals surface area contributed by atoms with E-state index in [9.17, 15) is 5.11 Å². The molecule has 0 aromatic carbocycles. The SMILES string of the molecule is CN(CCCCC(C)(O)CN)CC1CCCN1C. The number of unbranched alkanes of at least 4 members (excludes halogenated alkanes) is 1. The Bertz CT molecular complexity index is 233. The van der Waals surface area contributed by atoms with Crippen LogP contribution >= 0.6 is 0 Å². The van der Waals surface area contributed by atoms with Crippen LogP contribution < -0.4 is 5.73 Å². The highest BCUT2D eigenvalue weighted by molar-refractivity contribution is 4.79. The van der Waals surface area contributed by atoms with Crippen molar-refractivity contribution < 1.29 is 5.11 Å². The lowest BCUT2D eigenvalue weighted by Crippen LogP contribution is -2.37. The summed E-state index contributed by atoms with van der Waals surface area (Å²) in [6, 6.07) is 0.738. The van der Waals surface area contributed by atoms with Crippen LogP contribution in [0, 0.1) is 0 Å². The van der Waals surface area contributed by atoms with Gasteiger partial charge in [-0.3, -0.25) is 0 Å². The van der Waals surface area contributed by atoms with E-state index in [1.807, 2.05) is 6.92 Å². The van der Waals surface area contributed by atoms with Gasteiger partial charge in [0.15, 0.2) is 0 Å². The van der Waals surface area contributed by atoms with E-state index in [1.54, 1.807) is 0 Å². The second kappa shape index (κ2) is 7.43. The topological polar surface area (TPSA) is 52.7 Å². The normalized spacial score (nSPS) is 24.7. The number of hydrogen-bond donors (Lipinski definition) is 2. The molecule has 0 spiro atoms. The molecule has 4 heteroatoms. The first-order valence-corrected chi connectivity index (χ1v) is 7.26. The highest BCUT2D eigenvalue weighted by atomic mass is 16.3. The Balaban J connectivity index is 2.08. The van der Waals surface area contributed by atoms with Gasteiger partial charge in [-0.05, 0) is 66.2 Å². The molecule has 0 aromatic heterocycles. The van der Waals surface area contributed by atoms with Crippen molar-refractivity contribution in [1.82, 2.24) is 9.80 Å². The maximum absolute atomic E-state index is 9.81. The van der Waals surface area contributed by atoms with Crippen LogP contribution in [0.1, 0.15) is 39.0 Å². The van der Waals surface area contributed by atoms with E-state index in [0.29, 0.717) is 6.54 Å². The van der Waals surface area contributed by atoms with Gasteiger partial charge in [0.1, 0.15) is 0 Å². The van der Waals surface area contributed by atoms with Crippen LogP contribution in [0.2, 0.25) is 0 Å². The molecule has 1 saturated heterocycles. The zero-order valence-electron chi connectivity index (χ0n) is 12.4. The third-order valence-electron chi connectivity index (χ3n) is 4.14. The predicted octanol–water partition coefficient (Wildman–Crippen LogP) is 0.892. The smallest absolute Gasteiger partial charge is 0.0741 e. The monoisotopic (exact) mass is 257 g/mol. The van der Waals surface area contributed by atoms with Crippen molar-refractivity contribution in [3.63, 3.8) is 0 Å². The van der Waals surface area contributed by atoms with Gasteiger partial charge in [0.25, 0.3) is 0 Å². The van der Waals surface area contributed by atoms with Gasteiger partial charge in [-0.25, -0.2) is 0 Å². The van der Waals surface area contributed by atoms with Crippen molar-refractivity contribution >= 4 is 0 Å². The summed E-state index contributed by atoms with van der Waals surface area (Å²) in [5, 5.41) is 9.81. The molecule has 0 amide bonds. The molecule has 1 aliphatic rings. The standard InChI is InChI=1S/C14H31N3O/c1-14(18,12-15)8-4-5-9-16(2)11-13-7-6-10-17(13)3/h13,18H,4-12,15H2,1-3H3. The molecule has 0 saturated carbocycles. The Kier molecular flexibility index (Phi) is 6.57. The molecule has 2 unspecified atom stereocenters. The lowest BCUT2D eigenvalue weighted by Gasteiger charge is -2.26. The highest BCUT2D eigenvalue weighted by Gasteiger charge is 2.22. The molecule has 1 aliphatic heterocycles. The van der Waals surface area contributed by atoms with Crippen molar-refractivity contribution in [2.45, 2.75) is 50.7 Å². The van der Waals surface area contributed by atoms with Crippen molar-refractivity contribution in [2.75, 3.05) is 40.3 Å². The third kappa shape index (κ3) is 5.65. The quantitative estimate of drug-likeness (QED) is 0.634. The number of rotatable bonds is 8. The van der Waals surface area contributed by atoms with E-state index >= 15 is 0 Å².